The Bertz CT molecular complexity index is 1650. The maximum atomic E-state index is 12.3. The number of hydrogen-bond donors (Lipinski definition) is 1. The minimum absolute atomic E-state index is 0. The molecule has 4 aromatic rings. The van der Waals surface area contributed by atoms with Gasteiger partial charge in [0.15, 0.2) is 0 Å². The summed E-state index contributed by atoms with van der Waals surface area (Å²) in [5.41, 5.74) is 1.66. The van der Waals surface area contributed by atoms with Crippen molar-refractivity contribution in [1.82, 2.24) is 0 Å². The molecule has 2 aliphatic carbocycles. The van der Waals surface area contributed by atoms with Crippen molar-refractivity contribution in [2.45, 2.75) is 107 Å². The van der Waals surface area contributed by atoms with Crippen molar-refractivity contribution in [2.75, 3.05) is 0 Å². The Hall–Kier alpha value is -3.86. The molecule has 0 heterocycles. The molecule has 0 radical (unpaired) electrons. The number of ether oxygens (including phenoxy) is 1. The number of nitrogens with zero attached hydrogens (tertiary/aromatic N) is 1. The number of nitro benzene ring substituents is 1. The number of aliphatic hydroxyl groups excluding tert-OH is 1. The van der Waals surface area contributed by atoms with Crippen LogP contribution in [0.15, 0.2) is 109 Å². The minimum atomic E-state index is -0.479. The number of aliphatic hydroxyl groups is 1. The van der Waals surface area contributed by atoms with Crippen molar-refractivity contribution < 1.29 is 19.6 Å². The van der Waals surface area contributed by atoms with Crippen molar-refractivity contribution in [3.63, 3.8) is 0 Å². The molecular formula is C47H64NO5P. The third-order valence-electron chi connectivity index (χ3n) is 10.8. The summed E-state index contributed by atoms with van der Waals surface area (Å²) in [4.78, 5) is 22.4. The highest BCUT2D eigenvalue weighted by Crippen LogP contribution is 2.36. The Labute approximate surface area is 326 Å². The van der Waals surface area contributed by atoms with E-state index in [0.717, 1.165) is 25.2 Å². The molecule has 0 aromatic heterocycles. The van der Waals surface area contributed by atoms with Gasteiger partial charge in [-0.1, -0.05) is 152 Å². The Morgan fingerprint density at radius 1 is 0.722 bits per heavy atom. The second-order valence-electron chi connectivity index (χ2n) is 15.8. The molecule has 0 saturated heterocycles. The molecule has 54 heavy (non-hydrogen) atoms. The van der Waals surface area contributed by atoms with Gasteiger partial charge in [-0.05, 0) is 104 Å². The van der Waals surface area contributed by atoms with E-state index in [0.29, 0.717) is 35.2 Å². The van der Waals surface area contributed by atoms with E-state index in [1.165, 1.54) is 65.0 Å². The van der Waals surface area contributed by atoms with Gasteiger partial charge in [0.05, 0.1) is 16.6 Å². The zero-order chi connectivity index (χ0) is 38.5. The van der Waals surface area contributed by atoms with Crippen molar-refractivity contribution in [1.29, 1.82) is 0 Å². The van der Waals surface area contributed by atoms with Gasteiger partial charge >= 0.3 is 5.97 Å². The Balaban J connectivity index is 0.000000227. The SMILES string of the molecule is C.CC(C)[C@@H]1CC[C@@H](C)C[C@@H]1O.CC(C)[C@@H]1CC[C@@H](C)C[C@@H]1OC(=O)c1ccc([N+](=O)[O-])cc1.Cc1cccc(P(c2ccccc2)c2ccccc2)c1. The summed E-state index contributed by atoms with van der Waals surface area (Å²) in [6, 6.07) is 36.1. The third-order valence-corrected chi connectivity index (χ3v) is 13.2. The average Bonchev–Trinajstić information content (AvgIpc) is 3.13. The quantitative estimate of drug-likeness (QED) is 0.0837. The van der Waals surface area contributed by atoms with Crippen molar-refractivity contribution >= 4 is 35.5 Å². The van der Waals surface area contributed by atoms with E-state index < -0.39 is 12.8 Å². The van der Waals surface area contributed by atoms with Crippen LogP contribution in [0.1, 0.15) is 103 Å². The second kappa shape index (κ2) is 21.9. The smallest absolute Gasteiger partial charge is 0.338 e. The van der Waals surface area contributed by atoms with Gasteiger partial charge in [-0.3, -0.25) is 10.1 Å². The Kier molecular flexibility index (Phi) is 18.0. The highest BCUT2D eigenvalue weighted by Gasteiger charge is 2.34. The minimum Gasteiger partial charge on any atom is -0.458 e. The number of esters is 1. The van der Waals surface area contributed by atoms with E-state index in [1.807, 2.05) is 0 Å². The number of hydrogen-bond acceptors (Lipinski definition) is 5. The largest absolute Gasteiger partial charge is 0.458 e. The average molecular weight is 754 g/mol. The molecular weight excluding hydrogens is 689 g/mol. The first-order chi connectivity index (χ1) is 25.3. The first-order valence-electron chi connectivity index (χ1n) is 19.4. The summed E-state index contributed by atoms with van der Waals surface area (Å²) >= 11 is 0. The predicted octanol–water partition coefficient (Wildman–Crippen LogP) is 11.0. The number of benzene rings is 4. The van der Waals surface area contributed by atoms with Crippen LogP contribution in [0, 0.1) is 52.5 Å². The molecule has 1 N–H and O–H groups in total. The third kappa shape index (κ3) is 13.2. The van der Waals surface area contributed by atoms with Crippen molar-refractivity contribution in [2.24, 2.45) is 35.5 Å². The summed E-state index contributed by atoms with van der Waals surface area (Å²) in [7, 11) is -0.462. The molecule has 6 atom stereocenters. The highest BCUT2D eigenvalue weighted by atomic mass is 31.1. The second-order valence-corrected chi connectivity index (χ2v) is 18.0. The van der Waals surface area contributed by atoms with Crippen LogP contribution in [-0.2, 0) is 4.74 Å². The summed E-state index contributed by atoms with van der Waals surface area (Å²) in [6.07, 6.45) is 6.60. The molecule has 0 unspecified atom stereocenters. The fraction of sp³-hybridized carbons (Fsp3) is 0.468. The molecule has 6 nitrogen and oxygen atoms in total. The molecule has 0 aliphatic heterocycles. The summed E-state index contributed by atoms with van der Waals surface area (Å²) in [5.74, 6) is 2.98. The number of rotatable bonds is 8. The normalized spacial score (nSPS) is 22.2. The van der Waals surface area contributed by atoms with E-state index in [1.54, 1.807) is 0 Å². The van der Waals surface area contributed by atoms with Gasteiger partial charge in [-0.15, -0.1) is 0 Å². The number of carbonyl (C=O) groups excluding carboxylic acids is 1. The zero-order valence-electron chi connectivity index (χ0n) is 32.7. The van der Waals surface area contributed by atoms with Crippen LogP contribution in [0.25, 0.3) is 0 Å². The summed E-state index contributed by atoms with van der Waals surface area (Å²) in [6.45, 7) is 15.3. The maximum absolute atomic E-state index is 12.3. The van der Waals surface area contributed by atoms with E-state index in [4.69, 9.17) is 4.74 Å². The summed E-state index contributed by atoms with van der Waals surface area (Å²) in [5, 5.41) is 24.6. The molecule has 4 aromatic carbocycles. The first kappa shape index (κ1) is 44.5. The van der Waals surface area contributed by atoms with Crippen LogP contribution in [0.4, 0.5) is 5.69 Å². The number of non-ortho nitro benzene ring substituents is 1. The monoisotopic (exact) mass is 753 g/mol. The van der Waals surface area contributed by atoms with E-state index in [9.17, 15) is 20.0 Å². The van der Waals surface area contributed by atoms with Gasteiger partial charge in [-0.2, -0.15) is 0 Å². The molecule has 7 heteroatoms. The highest BCUT2D eigenvalue weighted by molar-refractivity contribution is 7.79. The topological polar surface area (TPSA) is 89.7 Å². The van der Waals surface area contributed by atoms with Crippen LogP contribution in [-0.4, -0.2) is 28.2 Å². The fourth-order valence-corrected chi connectivity index (χ4v) is 10.1. The Morgan fingerprint density at radius 2 is 1.22 bits per heavy atom. The van der Waals surface area contributed by atoms with Gasteiger partial charge in [0.25, 0.3) is 5.69 Å². The lowest BCUT2D eigenvalue weighted by Crippen LogP contribution is -2.35. The number of carbonyl (C=O) groups is 1. The van der Waals surface area contributed by atoms with Crippen molar-refractivity contribution in [3.8, 4) is 0 Å². The van der Waals surface area contributed by atoms with Gasteiger partial charge in [0, 0.05) is 12.1 Å². The lowest BCUT2D eigenvalue weighted by Gasteiger charge is -2.36. The standard InChI is InChI=1S/C19H17P.C17H23NO4.C10H20O.CH4/c1-16-9-8-14-19(15-16)20(17-10-4-2-5-11-17)18-12-6-3-7-13-18;1-11(2)15-9-4-12(3)10-16(15)22-17(19)13-5-7-14(8-6-13)18(20)21;1-7(2)9-5-4-8(3)6-10(9)11;/h2-15H,1H3;5-8,11-12,15-16H,4,9-10H2,1-3H3;7-11H,4-6H2,1-3H3;1H4/t;12-,15+,16+;8-,9+,10+;/m.11./s1. The van der Waals surface area contributed by atoms with Gasteiger partial charge < -0.3 is 9.84 Å². The number of aryl methyl sites for hydroxylation is 1. The number of nitro groups is 1. The molecule has 2 fully saturated rings. The lowest BCUT2D eigenvalue weighted by molar-refractivity contribution is -0.384. The van der Waals surface area contributed by atoms with Gasteiger partial charge in [0.2, 0.25) is 0 Å². The van der Waals surface area contributed by atoms with Gasteiger partial charge in [0.1, 0.15) is 6.10 Å². The van der Waals surface area contributed by atoms with Crippen LogP contribution < -0.4 is 15.9 Å². The van der Waals surface area contributed by atoms with Crippen LogP contribution >= 0.6 is 7.92 Å². The molecule has 0 spiro atoms. The lowest BCUT2D eigenvalue weighted by atomic mass is 9.75. The molecule has 2 saturated carbocycles. The van der Waals surface area contributed by atoms with Crippen LogP contribution in [0.2, 0.25) is 0 Å². The zero-order valence-corrected chi connectivity index (χ0v) is 33.6. The van der Waals surface area contributed by atoms with E-state index in [2.05, 4.69) is 133 Å². The van der Waals surface area contributed by atoms with Crippen LogP contribution in [0.3, 0.4) is 0 Å². The fourth-order valence-electron chi connectivity index (χ4n) is 7.70. The Morgan fingerprint density at radius 3 is 1.70 bits per heavy atom. The first-order valence-corrected chi connectivity index (χ1v) is 20.8. The predicted molar refractivity (Wildman–Crippen MR) is 228 cm³/mol. The molecule has 2 aliphatic rings. The van der Waals surface area contributed by atoms with Crippen LogP contribution in [0.5, 0.6) is 0 Å². The van der Waals surface area contributed by atoms with E-state index >= 15 is 0 Å². The van der Waals surface area contributed by atoms with Crippen molar-refractivity contribution in [3.05, 3.63) is 130 Å². The molecule has 6 rings (SSSR count). The molecule has 292 valence electrons. The van der Waals surface area contributed by atoms with E-state index in [-0.39, 0.29) is 31.3 Å². The maximum Gasteiger partial charge on any atom is 0.338 e. The summed E-state index contributed by atoms with van der Waals surface area (Å²) < 4.78 is 5.71. The molecule has 0 amide bonds. The van der Waals surface area contributed by atoms with Gasteiger partial charge in [-0.25, -0.2) is 4.79 Å². The molecule has 0 bridgehead atoms.